The molecule has 88 valence electrons. The van der Waals surface area contributed by atoms with Crippen molar-refractivity contribution in [2.75, 3.05) is 0 Å². The Bertz CT molecular complexity index is 643. The van der Waals surface area contributed by atoms with E-state index in [9.17, 15) is 0 Å². The molecule has 0 N–H and O–H groups in total. The highest BCUT2D eigenvalue weighted by Gasteiger charge is 2.23. The summed E-state index contributed by atoms with van der Waals surface area (Å²) >= 11 is 3.28. The standard InChI is InChI=1S/C11H12N4S2/c1-11(2,3)9-12-13-10-15(9)14-8(17-10)7-5-4-6-16-7/h4-6H,1-3H3. The van der Waals surface area contributed by atoms with Gasteiger partial charge in [0, 0.05) is 5.41 Å². The molecule has 0 unspecified atom stereocenters. The molecule has 0 aromatic carbocycles. The van der Waals surface area contributed by atoms with E-state index in [0.29, 0.717) is 0 Å². The summed E-state index contributed by atoms with van der Waals surface area (Å²) in [6, 6.07) is 4.11. The zero-order valence-corrected chi connectivity index (χ0v) is 11.5. The molecule has 0 saturated carbocycles. The molecule has 0 bridgehead atoms. The van der Waals surface area contributed by atoms with Gasteiger partial charge in [-0.3, -0.25) is 0 Å². The maximum absolute atomic E-state index is 4.60. The van der Waals surface area contributed by atoms with Crippen LogP contribution in [0.3, 0.4) is 0 Å². The van der Waals surface area contributed by atoms with Gasteiger partial charge < -0.3 is 0 Å². The van der Waals surface area contributed by atoms with Crippen LogP contribution in [0.25, 0.3) is 14.8 Å². The second kappa shape index (κ2) is 3.61. The Labute approximate surface area is 107 Å². The summed E-state index contributed by atoms with van der Waals surface area (Å²) in [7, 11) is 0. The quantitative estimate of drug-likeness (QED) is 0.678. The Morgan fingerprint density at radius 3 is 2.71 bits per heavy atom. The summed E-state index contributed by atoms with van der Waals surface area (Å²) < 4.78 is 1.86. The smallest absolute Gasteiger partial charge is 0.186 e. The summed E-state index contributed by atoms with van der Waals surface area (Å²) in [5.74, 6) is 0.909. The molecule has 0 aliphatic heterocycles. The van der Waals surface area contributed by atoms with E-state index in [1.807, 2.05) is 10.6 Å². The van der Waals surface area contributed by atoms with Crippen LogP contribution < -0.4 is 0 Å². The van der Waals surface area contributed by atoms with Crippen LogP contribution in [0.4, 0.5) is 0 Å². The van der Waals surface area contributed by atoms with Crippen LogP contribution in [0.15, 0.2) is 17.5 Å². The van der Waals surface area contributed by atoms with Gasteiger partial charge in [-0.25, -0.2) is 0 Å². The van der Waals surface area contributed by atoms with Crippen LogP contribution >= 0.6 is 22.7 Å². The first-order valence-electron chi connectivity index (χ1n) is 5.32. The van der Waals surface area contributed by atoms with E-state index in [1.165, 1.54) is 4.88 Å². The van der Waals surface area contributed by atoms with Crippen molar-refractivity contribution in [3.05, 3.63) is 23.3 Å². The summed E-state index contributed by atoms with van der Waals surface area (Å²) in [6.07, 6.45) is 0. The lowest BCUT2D eigenvalue weighted by Crippen LogP contribution is -2.16. The molecule has 6 heteroatoms. The first-order valence-corrected chi connectivity index (χ1v) is 7.02. The number of aromatic nitrogens is 4. The van der Waals surface area contributed by atoms with Gasteiger partial charge in [0.2, 0.25) is 4.96 Å². The molecule has 0 radical (unpaired) electrons. The molecular weight excluding hydrogens is 252 g/mol. The molecule has 0 fully saturated rings. The Morgan fingerprint density at radius 2 is 2.06 bits per heavy atom. The van der Waals surface area contributed by atoms with E-state index in [4.69, 9.17) is 0 Å². The van der Waals surface area contributed by atoms with Crippen LogP contribution in [-0.4, -0.2) is 19.8 Å². The lowest BCUT2D eigenvalue weighted by atomic mass is 9.96. The van der Waals surface area contributed by atoms with E-state index < -0.39 is 0 Å². The SMILES string of the molecule is CC(C)(C)c1nnc2sc(-c3cccs3)nn12. The van der Waals surface area contributed by atoms with Crippen LogP contribution in [0.1, 0.15) is 26.6 Å². The number of thiophene rings is 1. The molecular formula is C11H12N4S2. The molecule has 0 amide bonds. The maximum Gasteiger partial charge on any atom is 0.235 e. The van der Waals surface area contributed by atoms with Gasteiger partial charge in [0.05, 0.1) is 4.88 Å². The normalized spacial score (nSPS) is 12.4. The summed E-state index contributed by atoms with van der Waals surface area (Å²) in [4.78, 5) is 2.04. The number of fused-ring (bicyclic) bond motifs is 1. The van der Waals surface area contributed by atoms with E-state index in [0.717, 1.165) is 15.8 Å². The first-order chi connectivity index (χ1) is 8.05. The van der Waals surface area contributed by atoms with E-state index in [2.05, 4.69) is 47.5 Å². The first kappa shape index (κ1) is 10.9. The molecule has 0 spiro atoms. The largest absolute Gasteiger partial charge is 0.235 e. The predicted molar refractivity (Wildman–Crippen MR) is 70.7 cm³/mol. The molecule has 0 saturated heterocycles. The molecule has 0 aliphatic carbocycles. The molecule has 0 atom stereocenters. The van der Waals surface area contributed by atoms with Crippen molar-refractivity contribution in [2.45, 2.75) is 26.2 Å². The second-order valence-electron chi connectivity index (χ2n) is 4.85. The molecule has 0 aliphatic rings. The number of hydrogen-bond donors (Lipinski definition) is 0. The average Bonchev–Trinajstić information content (AvgIpc) is 2.90. The third kappa shape index (κ3) is 1.77. The molecule has 17 heavy (non-hydrogen) atoms. The van der Waals surface area contributed by atoms with Gasteiger partial charge in [-0.05, 0) is 11.4 Å². The topological polar surface area (TPSA) is 43.1 Å². The van der Waals surface area contributed by atoms with Gasteiger partial charge in [0.25, 0.3) is 0 Å². The fraction of sp³-hybridized carbons (Fsp3) is 0.364. The number of rotatable bonds is 1. The fourth-order valence-corrected chi connectivity index (χ4v) is 3.22. The second-order valence-corrected chi connectivity index (χ2v) is 6.76. The minimum atomic E-state index is -0.0415. The van der Waals surface area contributed by atoms with Crippen LogP contribution in [0.2, 0.25) is 0 Å². The maximum atomic E-state index is 4.60. The summed E-state index contributed by atoms with van der Waals surface area (Å²) in [5.41, 5.74) is -0.0415. The van der Waals surface area contributed by atoms with E-state index in [-0.39, 0.29) is 5.41 Å². The van der Waals surface area contributed by atoms with Crippen molar-refractivity contribution in [3.8, 4) is 9.88 Å². The van der Waals surface area contributed by atoms with E-state index >= 15 is 0 Å². The van der Waals surface area contributed by atoms with Crippen molar-refractivity contribution < 1.29 is 0 Å². The van der Waals surface area contributed by atoms with Crippen LogP contribution in [0, 0.1) is 0 Å². The van der Waals surface area contributed by atoms with Crippen molar-refractivity contribution in [1.29, 1.82) is 0 Å². The molecule has 3 aromatic heterocycles. The summed E-state index contributed by atoms with van der Waals surface area (Å²) in [6.45, 7) is 6.36. The highest BCUT2D eigenvalue weighted by atomic mass is 32.1. The minimum Gasteiger partial charge on any atom is -0.186 e. The molecule has 3 aromatic rings. The Hall–Kier alpha value is -1.27. The third-order valence-corrected chi connectivity index (χ3v) is 4.33. The lowest BCUT2D eigenvalue weighted by molar-refractivity contribution is 0.528. The lowest BCUT2D eigenvalue weighted by Gasteiger charge is -2.13. The van der Waals surface area contributed by atoms with Crippen molar-refractivity contribution in [2.24, 2.45) is 0 Å². The van der Waals surface area contributed by atoms with Crippen molar-refractivity contribution in [1.82, 2.24) is 19.8 Å². The summed E-state index contributed by atoms with van der Waals surface area (Å²) in [5, 5.41) is 16.1. The Balaban J connectivity index is 2.18. The van der Waals surface area contributed by atoms with Gasteiger partial charge in [0.15, 0.2) is 10.8 Å². The highest BCUT2D eigenvalue weighted by Crippen LogP contribution is 2.30. The zero-order valence-electron chi connectivity index (χ0n) is 9.84. The van der Waals surface area contributed by atoms with Crippen LogP contribution in [0.5, 0.6) is 0 Å². The third-order valence-electron chi connectivity index (χ3n) is 2.39. The zero-order chi connectivity index (χ0) is 12.0. The number of nitrogens with zero attached hydrogens (tertiary/aromatic N) is 4. The van der Waals surface area contributed by atoms with Gasteiger partial charge >= 0.3 is 0 Å². The molecule has 3 heterocycles. The molecule has 3 rings (SSSR count). The Morgan fingerprint density at radius 1 is 1.24 bits per heavy atom. The van der Waals surface area contributed by atoms with Crippen molar-refractivity contribution >= 4 is 27.6 Å². The molecule has 4 nitrogen and oxygen atoms in total. The van der Waals surface area contributed by atoms with Crippen molar-refractivity contribution in [3.63, 3.8) is 0 Å². The highest BCUT2D eigenvalue weighted by molar-refractivity contribution is 7.23. The van der Waals surface area contributed by atoms with E-state index in [1.54, 1.807) is 22.7 Å². The average molecular weight is 264 g/mol. The van der Waals surface area contributed by atoms with Gasteiger partial charge in [-0.1, -0.05) is 38.2 Å². The van der Waals surface area contributed by atoms with Gasteiger partial charge in [0.1, 0.15) is 0 Å². The van der Waals surface area contributed by atoms with Gasteiger partial charge in [-0.15, -0.1) is 21.5 Å². The van der Waals surface area contributed by atoms with Crippen LogP contribution in [-0.2, 0) is 5.41 Å². The Kier molecular flexibility index (Phi) is 2.31. The monoisotopic (exact) mass is 264 g/mol. The minimum absolute atomic E-state index is 0.0415. The predicted octanol–water partition coefficient (Wildman–Crippen LogP) is 3.21. The van der Waals surface area contributed by atoms with Gasteiger partial charge in [-0.2, -0.15) is 9.61 Å². The fourth-order valence-electron chi connectivity index (χ4n) is 1.58. The number of hydrogen-bond acceptors (Lipinski definition) is 5.